The molecule has 27 heavy (non-hydrogen) atoms. The van der Waals surface area contributed by atoms with Gasteiger partial charge in [-0.25, -0.2) is 0 Å². The Morgan fingerprint density at radius 2 is 1.70 bits per heavy atom. The molecular weight excluding hydrogens is 328 g/mol. The minimum atomic E-state index is 0.518. The van der Waals surface area contributed by atoms with Gasteiger partial charge < -0.3 is 0 Å². The van der Waals surface area contributed by atoms with Gasteiger partial charge in [0, 0.05) is 38.3 Å². The molecular formula is C25H48N2. The first-order chi connectivity index (χ1) is 13.1. The van der Waals surface area contributed by atoms with Crippen LogP contribution in [0.2, 0.25) is 0 Å². The third-order valence-electron chi connectivity index (χ3n) is 8.12. The summed E-state index contributed by atoms with van der Waals surface area (Å²) in [6, 6.07) is 0. The Kier molecular flexibility index (Phi) is 8.09. The summed E-state index contributed by atoms with van der Waals surface area (Å²) in [5.74, 6) is 3.93. The number of hydrogen-bond donors (Lipinski definition) is 0. The highest BCUT2D eigenvalue weighted by Gasteiger charge is 2.46. The van der Waals surface area contributed by atoms with Crippen LogP contribution in [0.1, 0.15) is 98.3 Å². The molecule has 2 nitrogen and oxygen atoms in total. The van der Waals surface area contributed by atoms with Gasteiger partial charge in [0.1, 0.15) is 0 Å². The molecule has 3 fully saturated rings. The maximum absolute atomic E-state index is 2.99. The molecule has 3 aliphatic rings. The van der Waals surface area contributed by atoms with Crippen LogP contribution in [0, 0.1) is 23.7 Å². The molecule has 0 N–H and O–H groups in total. The van der Waals surface area contributed by atoms with Crippen LogP contribution in [0.3, 0.4) is 0 Å². The fourth-order valence-corrected chi connectivity index (χ4v) is 6.82. The summed E-state index contributed by atoms with van der Waals surface area (Å²) < 4.78 is 0. The smallest absolute Gasteiger partial charge is 0.0339 e. The number of hydrogen-bond acceptors (Lipinski definition) is 2. The SMILES string of the molecule is CCCC1CC(CN2CCN(CC(CCC)CCC)C3(CCC(C)C3)C2)C1. The molecule has 2 unspecified atom stereocenters. The molecule has 0 aromatic carbocycles. The lowest BCUT2D eigenvalue weighted by Crippen LogP contribution is -2.62. The fraction of sp³-hybridized carbons (Fsp3) is 1.00. The minimum absolute atomic E-state index is 0.518. The largest absolute Gasteiger partial charge is 0.300 e. The normalized spacial score (nSPS) is 35.2. The van der Waals surface area contributed by atoms with Gasteiger partial charge in [0.15, 0.2) is 0 Å². The lowest BCUT2D eigenvalue weighted by atomic mass is 9.72. The predicted octanol–water partition coefficient (Wildman–Crippen LogP) is 6.21. The molecule has 0 amide bonds. The molecule has 2 aliphatic carbocycles. The van der Waals surface area contributed by atoms with Crippen LogP contribution in [-0.2, 0) is 0 Å². The molecule has 0 aromatic rings. The average molecular weight is 377 g/mol. The molecule has 1 aliphatic heterocycles. The number of nitrogens with zero attached hydrogens (tertiary/aromatic N) is 2. The summed E-state index contributed by atoms with van der Waals surface area (Å²) in [6.45, 7) is 16.4. The summed E-state index contributed by atoms with van der Waals surface area (Å²) >= 11 is 0. The highest BCUT2D eigenvalue weighted by atomic mass is 15.3. The van der Waals surface area contributed by atoms with Crippen molar-refractivity contribution in [2.45, 2.75) is 104 Å². The Labute approximate surface area is 170 Å². The zero-order chi connectivity index (χ0) is 19.3. The summed E-state index contributed by atoms with van der Waals surface area (Å²) in [6.07, 6.45) is 15.8. The van der Waals surface area contributed by atoms with Crippen molar-refractivity contribution in [3.63, 3.8) is 0 Å². The quantitative estimate of drug-likeness (QED) is 0.447. The van der Waals surface area contributed by atoms with E-state index < -0.39 is 0 Å². The van der Waals surface area contributed by atoms with Crippen molar-refractivity contribution < 1.29 is 0 Å². The van der Waals surface area contributed by atoms with E-state index in [-0.39, 0.29) is 0 Å². The molecule has 1 heterocycles. The molecule has 0 aromatic heterocycles. The molecule has 1 spiro atoms. The molecule has 2 atom stereocenters. The molecule has 1 saturated heterocycles. The van der Waals surface area contributed by atoms with Gasteiger partial charge in [-0.2, -0.15) is 0 Å². The van der Waals surface area contributed by atoms with E-state index in [4.69, 9.17) is 0 Å². The van der Waals surface area contributed by atoms with Gasteiger partial charge >= 0.3 is 0 Å². The summed E-state index contributed by atoms with van der Waals surface area (Å²) in [7, 11) is 0. The zero-order valence-corrected chi connectivity index (χ0v) is 19.0. The van der Waals surface area contributed by atoms with Crippen LogP contribution in [0.5, 0.6) is 0 Å². The maximum atomic E-state index is 2.99. The Bertz CT molecular complexity index is 424. The van der Waals surface area contributed by atoms with Crippen molar-refractivity contribution >= 4 is 0 Å². The van der Waals surface area contributed by atoms with Crippen molar-refractivity contribution in [1.82, 2.24) is 9.80 Å². The van der Waals surface area contributed by atoms with Gasteiger partial charge in [0.05, 0.1) is 0 Å². The molecule has 2 saturated carbocycles. The van der Waals surface area contributed by atoms with Crippen LogP contribution in [0.15, 0.2) is 0 Å². The van der Waals surface area contributed by atoms with E-state index in [1.165, 1.54) is 103 Å². The first kappa shape index (κ1) is 21.6. The van der Waals surface area contributed by atoms with E-state index in [1.54, 1.807) is 0 Å². The van der Waals surface area contributed by atoms with Crippen molar-refractivity contribution in [2.75, 3.05) is 32.7 Å². The zero-order valence-electron chi connectivity index (χ0n) is 19.0. The molecule has 0 bridgehead atoms. The second-order valence-corrected chi connectivity index (χ2v) is 10.7. The third-order valence-corrected chi connectivity index (χ3v) is 8.12. The van der Waals surface area contributed by atoms with E-state index in [2.05, 4.69) is 37.5 Å². The average Bonchev–Trinajstić information content (AvgIpc) is 2.97. The number of rotatable bonds is 10. The van der Waals surface area contributed by atoms with Crippen molar-refractivity contribution in [3.05, 3.63) is 0 Å². The van der Waals surface area contributed by atoms with Crippen molar-refractivity contribution in [3.8, 4) is 0 Å². The van der Waals surface area contributed by atoms with Crippen LogP contribution in [0.4, 0.5) is 0 Å². The van der Waals surface area contributed by atoms with E-state index in [0.717, 1.165) is 23.7 Å². The van der Waals surface area contributed by atoms with Crippen LogP contribution < -0.4 is 0 Å². The molecule has 3 rings (SSSR count). The Balaban J connectivity index is 1.57. The lowest BCUT2D eigenvalue weighted by molar-refractivity contribution is -0.0262. The Morgan fingerprint density at radius 1 is 0.963 bits per heavy atom. The van der Waals surface area contributed by atoms with E-state index in [0.29, 0.717) is 5.54 Å². The van der Waals surface area contributed by atoms with Gasteiger partial charge in [0.2, 0.25) is 0 Å². The third kappa shape index (κ3) is 5.50. The minimum Gasteiger partial charge on any atom is -0.300 e. The summed E-state index contributed by atoms with van der Waals surface area (Å²) in [5, 5.41) is 0. The van der Waals surface area contributed by atoms with Gasteiger partial charge in [0.25, 0.3) is 0 Å². The first-order valence-corrected chi connectivity index (χ1v) is 12.6. The molecule has 158 valence electrons. The van der Waals surface area contributed by atoms with Crippen molar-refractivity contribution in [2.24, 2.45) is 23.7 Å². The first-order valence-electron chi connectivity index (χ1n) is 12.6. The highest BCUT2D eigenvalue weighted by molar-refractivity contribution is 5.03. The predicted molar refractivity (Wildman–Crippen MR) is 118 cm³/mol. The summed E-state index contributed by atoms with van der Waals surface area (Å²) in [5.41, 5.74) is 0.518. The molecule has 0 radical (unpaired) electrons. The van der Waals surface area contributed by atoms with Gasteiger partial charge in [-0.15, -0.1) is 0 Å². The second kappa shape index (κ2) is 10.1. The van der Waals surface area contributed by atoms with Gasteiger partial charge in [-0.1, -0.05) is 53.4 Å². The van der Waals surface area contributed by atoms with Crippen LogP contribution in [0.25, 0.3) is 0 Å². The fourth-order valence-electron chi connectivity index (χ4n) is 6.82. The van der Waals surface area contributed by atoms with Crippen LogP contribution in [-0.4, -0.2) is 48.1 Å². The maximum Gasteiger partial charge on any atom is 0.0339 e. The van der Waals surface area contributed by atoms with Gasteiger partial charge in [-0.3, -0.25) is 9.80 Å². The van der Waals surface area contributed by atoms with E-state index >= 15 is 0 Å². The van der Waals surface area contributed by atoms with Gasteiger partial charge in [-0.05, 0) is 68.6 Å². The standard InChI is InChI=1S/C25H48N2/c1-5-8-22(9-6-2)19-27-14-13-26(18-24-15-23(16-24)10-7-3)20-25(27)12-11-21(4)17-25/h21-24H,5-20H2,1-4H3. The highest BCUT2D eigenvalue weighted by Crippen LogP contribution is 2.43. The Hall–Kier alpha value is -0.0800. The van der Waals surface area contributed by atoms with Crippen molar-refractivity contribution in [1.29, 1.82) is 0 Å². The second-order valence-electron chi connectivity index (χ2n) is 10.7. The lowest BCUT2D eigenvalue weighted by Gasteiger charge is -2.52. The topological polar surface area (TPSA) is 6.48 Å². The van der Waals surface area contributed by atoms with E-state index in [9.17, 15) is 0 Å². The monoisotopic (exact) mass is 376 g/mol. The summed E-state index contributed by atoms with van der Waals surface area (Å²) in [4.78, 5) is 5.87. The molecule has 2 heteroatoms. The Morgan fingerprint density at radius 3 is 2.30 bits per heavy atom. The van der Waals surface area contributed by atoms with Crippen LogP contribution >= 0.6 is 0 Å². The number of piperazine rings is 1. The van der Waals surface area contributed by atoms with E-state index in [1.807, 2.05) is 0 Å².